The van der Waals surface area contributed by atoms with Crippen LogP contribution in [-0.4, -0.2) is 50.3 Å². The number of hydrogen-bond donors (Lipinski definition) is 1. The summed E-state index contributed by atoms with van der Waals surface area (Å²) in [5, 5.41) is 3.47. The second-order valence-corrected chi connectivity index (χ2v) is 6.05. The first-order valence-electron chi connectivity index (χ1n) is 7.08. The highest BCUT2D eigenvalue weighted by atomic mass is 79.9. The lowest BCUT2D eigenvalue weighted by molar-refractivity contribution is -0.0382. The topological polar surface area (TPSA) is 24.5 Å². The third-order valence-electron chi connectivity index (χ3n) is 3.68. The van der Waals surface area contributed by atoms with Gasteiger partial charge in [0.25, 0.3) is 0 Å². The summed E-state index contributed by atoms with van der Waals surface area (Å²) < 4.78 is 20.1. The van der Waals surface area contributed by atoms with Crippen molar-refractivity contribution in [1.29, 1.82) is 0 Å². The Balaban J connectivity index is 2.10. The molecule has 0 amide bonds. The third kappa shape index (κ3) is 4.01. The molecule has 0 saturated carbocycles. The molecule has 0 aromatic heterocycles. The fraction of sp³-hybridized carbons (Fsp3) is 0.600. The molecule has 2 unspecified atom stereocenters. The summed E-state index contributed by atoms with van der Waals surface area (Å²) in [5.74, 6) is -0.209. The standard InChI is InChI=1S/C15H22BrFN2O/c1-3-18-13(14-10-19(2)7-8-20-14)9-11-5-4-6-12(17)15(11)16/h4-6,13-14,18H,3,7-10H2,1-2H3. The van der Waals surface area contributed by atoms with Gasteiger partial charge in [-0.25, -0.2) is 4.39 Å². The van der Waals surface area contributed by atoms with E-state index >= 15 is 0 Å². The Bertz CT molecular complexity index is 444. The molecule has 1 heterocycles. The van der Waals surface area contributed by atoms with Crippen LogP contribution in [-0.2, 0) is 11.2 Å². The van der Waals surface area contributed by atoms with E-state index in [1.165, 1.54) is 6.07 Å². The lowest BCUT2D eigenvalue weighted by Crippen LogP contribution is -2.52. The highest BCUT2D eigenvalue weighted by Crippen LogP contribution is 2.23. The van der Waals surface area contributed by atoms with Crippen LogP contribution in [0.4, 0.5) is 4.39 Å². The number of halogens is 2. The highest BCUT2D eigenvalue weighted by Gasteiger charge is 2.27. The number of morpholine rings is 1. The van der Waals surface area contributed by atoms with E-state index < -0.39 is 0 Å². The maximum atomic E-state index is 13.6. The van der Waals surface area contributed by atoms with Gasteiger partial charge in [-0.1, -0.05) is 19.1 Å². The van der Waals surface area contributed by atoms with Crippen molar-refractivity contribution >= 4 is 15.9 Å². The van der Waals surface area contributed by atoms with Gasteiger partial charge in [0.15, 0.2) is 0 Å². The van der Waals surface area contributed by atoms with Crippen molar-refractivity contribution in [3.05, 3.63) is 34.1 Å². The maximum absolute atomic E-state index is 13.6. The summed E-state index contributed by atoms with van der Waals surface area (Å²) in [6, 6.07) is 5.39. The largest absolute Gasteiger partial charge is 0.374 e. The SMILES string of the molecule is CCNC(Cc1cccc(F)c1Br)C1CN(C)CCO1. The number of nitrogens with one attached hydrogen (secondary N) is 1. The molecule has 2 atom stereocenters. The smallest absolute Gasteiger partial charge is 0.137 e. The predicted molar refractivity (Wildman–Crippen MR) is 82.5 cm³/mol. The molecule has 0 radical (unpaired) electrons. The molecule has 1 aliphatic heterocycles. The molecular formula is C15H22BrFN2O. The average Bonchev–Trinajstić information content (AvgIpc) is 2.43. The minimum atomic E-state index is -0.209. The predicted octanol–water partition coefficient (Wildman–Crippen LogP) is 2.44. The first-order chi connectivity index (χ1) is 9.61. The molecule has 5 heteroatoms. The molecule has 3 nitrogen and oxygen atoms in total. The quantitative estimate of drug-likeness (QED) is 0.887. The van der Waals surface area contributed by atoms with E-state index in [1.54, 1.807) is 6.07 Å². The molecule has 1 fully saturated rings. The number of rotatable bonds is 5. The zero-order valence-electron chi connectivity index (χ0n) is 12.0. The summed E-state index contributed by atoms with van der Waals surface area (Å²) in [6.45, 7) is 5.60. The van der Waals surface area contributed by atoms with Crippen LogP contribution in [0, 0.1) is 5.82 Å². The van der Waals surface area contributed by atoms with Gasteiger partial charge >= 0.3 is 0 Å². The molecular weight excluding hydrogens is 323 g/mol. The summed E-state index contributed by atoms with van der Waals surface area (Å²) >= 11 is 3.34. The first kappa shape index (κ1) is 15.9. The van der Waals surface area contributed by atoms with Crippen LogP contribution < -0.4 is 5.32 Å². The van der Waals surface area contributed by atoms with Gasteiger partial charge in [-0.3, -0.25) is 0 Å². The summed E-state index contributed by atoms with van der Waals surface area (Å²) in [4.78, 5) is 2.28. The summed E-state index contributed by atoms with van der Waals surface area (Å²) in [5.41, 5.74) is 0.979. The van der Waals surface area contributed by atoms with Crippen LogP contribution in [0.2, 0.25) is 0 Å². The number of hydrogen-bond acceptors (Lipinski definition) is 3. The van der Waals surface area contributed by atoms with Crippen LogP contribution in [0.3, 0.4) is 0 Å². The number of benzene rings is 1. The normalized spacial score (nSPS) is 21.9. The van der Waals surface area contributed by atoms with Crippen LogP contribution in [0.5, 0.6) is 0 Å². The summed E-state index contributed by atoms with van der Waals surface area (Å²) in [7, 11) is 2.11. The fourth-order valence-electron chi connectivity index (χ4n) is 2.59. The second-order valence-electron chi connectivity index (χ2n) is 5.25. The summed E-state index contributed by atoms with van der Waals surface area (Å²) in [6.07, 6.45) is 0.897. The van der Waals surface area contributed by atoms with Gasteiger partial charge in [0.2, 0.25) is 0 Å². The van der Waals surface area contributed by atoms with Gasteiger partial charge in [0.05, 0.1) is 17.2 Å². The zero-order chi connectivity index (χ0) is 14.5. The van der Waals surface area contributed by atoms with E-state index in [0.717, 1.165) is 38.2 Å². The van der Waals surface area contributed by atoms with Crippen molar-refractivity contribution in [3.8, 4) is 0 Å². The Morgan fingerprint density at radius 3 is 3.05 bits per heavy atom. The average molecular weight is 345 g/mol. The van der Waals surface area contributed by atoms with Crippen LogP contribution in [0.1, 0.15) is 12.5 Å². The van der Waals surface area contributed by atoms with E-state index in [1.807, 2.05) is 6.07 Å². The van der Waals surface area contributed by atoms with Gasteiger partial charge in [0.1, 0.15) is 5.82 Å². The maximum Gasteiger partial charge on any atom is 0.137 e. The Kier molecular flexibility index (Phi) is 5.96. The van der Waals surface area contributed by atoms with Gasteiger partial charge in [0, 0.05) is 19.1 Å². The Labute approximate surface area is 128 Å². The Morgan fingerprint density at radius 1 is 1.55 bits per heavy atom. The Hall–Kier alpha value is -0.490. The lowest BCUT2D eigenvalue weighted by atomic mass is 10.00. The molecule has 0 aliphatic carbocycles. The van der Waals surface area contributed by atoms with Crippen molar-refractivity contribution < 1.29 is 9.13 Å². The van der Waals surface area contributed by atoms with Crippen LogP contribution in [0.25, 0.3) is 0 Å². The van der Waals surface area contributed by atoms with Crippen LogP contribution >= 0.6 is 15.9 Å². The van der Waals surface area contributed by atoms with E-state index in [0.29, 0.717) is 4.47 Å². The van der Waals surface area contributed by atoms with E-state index in [4.69, 9.17) is 4.74 Å². The van der Waals surface area contributed by atoms with Gasteiger partial charge in [-0.2, -0.15) is 0 Å². The van der Waals surface area contributed by atoms with E-state index in [-0.39, 0.29) is 18.0 Å². The monoisotopic (exact) mass is 344 g/mol. The Morgan fingerprint density at radius 2 is 2.35 bits per heavy atom. The van der Waals surface area contributed by atoms with Crippen molar-refractivity contribution in [2.24, 2.45) is 0 Å². The number of likely N-dealkylation sites (N-methyl/N-ethyl adjacent to an activating group) is 2. The molecule has 0 spiro atoms. The van der Waals surface area contributed by atoms with E-state index in [2.05, 4.69) is 40.1 Å². The molecule has 1 aromatic rings. The molecule has 1 aliphatic rings. The third-order valence-corrected chi connectivity index (χ3v) is 4.57. The molecule has 0 bridgehead atoms. The highest BCUT2D eigenvalue weighted by molar-refractivity contribution is 9.10. The molecule has 1 N–H and O–H groups in total. The second kappa shape index (κ2) is 7.50. The molecule has 20 heavy (non-hydrogen) atoms. The van der Waals surface area contributed by atoms with E-state index in [9.17, 15) is 4.39 Å². The van der Waals surface area contributed by atoms with Gasteiger partial charge in [-0.15, -0.1) is 0 Å². The van der Waals surface area contributed by atoms with Gasteiger partial charge in [-0.05, 0) is 47.6 Å². The first-order valence-corrected chi connectivity index (χ1v) is 7.87. The molecule has 1 saturated heterocycles. The molecule has 2 rings (SSSR count). The van der Waals surface area contributed by atoms with Crippen LogP contribution in [0.15, 0.2) is 22.7 Å². The molecule has 112 valence electrons. The number of nitrogens with zero attached hydrogens (tertiary/aromatic N) is 1. The molecule has 1 aromatic carbocycles. The lowest BCUT2D eigenvalue weighted by Gasteiger charge is -2.35. The van der Waals surface area contributed by atoms with Crippen molar-refractivity contribution in [3.63, 3.8) is 0 Å². The minimum absolute atomic E-state index is 0.142. The van der Waals surface area contributed by atoms with Crippen molar-refractivity contribution in [2.45, 2.75) is 25.5 Å². The zero-order valence-corrected chi connectivity index (χ0v) is 13.6. The number of ether oxygens (including phenoxy) is 1. The van der Waals surface area contributed by atoms with Crippen molar-refractivity contribution in [1.82, 2.24) is 10.2 Å². The van der Waals surface area contributed by atoms with Gasteiger partial charge < -0.3 is 15.0 Å². The van der Waals surface area contributed by atoms with Crippen molar-refractivity contribution in [2.75, 3.05) is 33.3 Å². The minimum Gasteiger partial charge on any atom is -0.374 e. The fourth-order valence-corrected chi connectivity index (χ4v) is 3.02.